The smallest absolute Gasteiger partial charge is 0.157 e. The molecule has 0 aromatic heterocycles. The number of aliphatic hydroxyl groups is 1. The molecule has 112 valence electrons. The Morgan fingerprint density at radius 2 is 2.05 bits per heavy atom. The molecule has 1 fully saturated rings. The number of ether oxygens (including phenoxy) is 3. The predicted octanol–water partition coefficient (Wildman–Crippen LogP) is 2.35. The number of aliphatic hydroxyl groups excluding tert-OH is 1. The van der Waals surface area contributed by atoms with Crippen LogP contribution < -0.4 is 0 Å². The van der Waals surface area contributed by atoms with Gasteiger partial charge in [0.25, 0.3) is 0 Å². The molecule has 0 amide bonds. The highest BCUT2D eigenvalue weighted by atomic mass is 16.7. The van der Waals surface area contributed by atoms with Crippen LogP contribution in [-0.2, 0) is 20.8 Å². The lowest BCUT2D eigenvalue weighted by Gasteiger charge is -2.24. The van der Waals surface area contributed by atoms with Gasteiger partial charge in [0.1, 0.15) is 0 Å². The van der Waals surface area contributed by atoms with Crippen molar-refractivity contribution in [3.8, 4) is 0 Å². The molecule has 2 rings (SSSR count). The Hall–Kier alpha value is -0.940. The highest BCUT2D eigenvalue weighted by molar-refractivity contribution is 5.13. The van der Waals surface area contributed by atoms with Gasteiger partial charge in [-0.25, -0.2) is 0 Å². The zero-order chi connectivity index (χ0) is 14.0. The van der Waals surface area contributed by atoms with E-state index in [2.05, 4.69) is 0 Å². The molecule has 0 radical (unpaired) electrons. The normalized spacial score (nSPS) is 20.8. The number of hydrogen-bond acceptors (Lipinski definition) is 4. The van der Waals surface area contributed by atoms with E-state index in [1.807, 2.05) is 30.3 Å². The summed E-state index contributed by atoms with van der Waals surface area (Å²) in [4.78, 5) is 0. The number of hydrogen-bond donors (Lipinski definition) is 1. The van der Waals surface area contributed by atoms with Crippen LogP contribution in [0.25, 0.3) is 0 Å². The molecule has 1 aliphatic rings. The van der Waals surface area contributed by atoms with E-state index in [-0.39, 0.29) is 18.8 Å². The highest BCUT2D eigenvalue weighted by Gasteiger charge is 2.16. The molecule has 20 heavy (non-hydrogen) atoms. The molecule has 1 aromatic carbocycles. The second-order valence-electron chi connectivity index (χ2n) is 5.18. The molecule has 2 atom stereocenters. The third-order valence-electron chi connectivity index (χ3n) is 3.38. The Labute approximate surface area is 120 Å². The summed E-state index contributed by atoms with van der Waals surface area (Å²) in [7, 11) is 0. The maximum absolute atomic E-state index is 9.35. The van der Waals surface area contributed by atoms with Crippen molar-refractivity contribution in [3.63, 3.8) is 0 Å². The first-order valence-corrected chi connectivity index (χ1v) is 7.34. The molecular formula is C16H24O4. The van der Waals surface area contributed by atoms with Crippen LogP contribution in [0.1, 0.15) is 24.8 Å². The van der Waals surface area contributed by atoms with Crippen LogP contribution in [0.5, 0.6) is 0 Å². The SMILES string of the molecule is OCC(COCc1ccccc1)COC1CCCCO1. The lowest BCUT2D eigenvalue weighted by Crippen LogP contribution is -2.28. The van der Waals surface area contributed by atoms with Crippen molar-refractivity contribution < 1.29 is 19.3 Å². The van der Waals surface area contributed by atoms with Gasteiger partial charge in [0, 0.05) is 12.5 Å². The second kappa shape index (κ2) is 9.08. The molecule has 1 N–H and O–H groups in total. The van der Waals surface area contributed by atoms with Gasteiger partial charge in [0.15, 0.2) is 6.29 Å². The van der Waals surface area contributed by atoms with Crippen LogP contribution in [0, 0.1) is 5.92 Å². The quantitative estimate of drug-likeness (QED) is 0.794. The van der Waals surface area contributed by atoms with Gasteiger partial charge in [-0.05, 0) is 24.8 Å². The zero-order valence-corrected chi connectivity index (χ0v) is 11.9. The topological polar surface area (TPSA) is 47.9 Å². The first-order chi connectivity index (χ1) is 9.88. The van der Waals surface area contributed by atoms with Crippen LogP contribution in [0.4, 0.5) is 0 Å². The van der Waals surface area contributed by atoms with Gasteiger partial charge < -0.3 is 19.3 Å². The van der Waals surface area contributed by atoms with E-state index in [1.54, 1.807) is 0 Å². The van der Waals surface area contributed by atoms with Crippen molar-refractivity contribution in [1.29, 1.82) is 0 Å². The summed E-state index contributed by atoms with van der Waals surface area (Å²) in [5, 5.41) is 9.35. The average Bonchev–Trinajstić information content (AvgIpc) is 2.52. The van der Waals surface area contributed by atoms with E-state index in [4.69, 9.17) is 14.2 Å². The summed E-state index contributed by atoms with van der Waals surface area (Å²) < 4.78 is 16.8. The molecule has 0 saturated carbocycles. The number of rotatable bonds is 8. The van der Waals surface area contributed by atoms with Crippen LogP contribution in [0.3, 0.4) is 0 Å². The summed E-state index contributed by atoms with van der Waals surface area (Å²) in [5.41, 5.74) is 1.14. The maximum atomic E-state index is 9.35. The fraction of sp³-hybridized carbons (Fsp3) is 0.625. The first-order valence-electron chi connectivity index (χ1n) is 7.34. The van der Waals surface area contributed by atoms with Gasteiger partial charge in [-0.3, -0.25) is 0 Å². The molecule has 0 spiro atoms. The molecule has 1 heterocycles. The van der Waals surface area contributed by atoms with Crippen molar-refractivity contribution >= 4 is 0 Å². The summed E-state index contributed by atoms with van der Waals surface area (Å²) in [5.74, 6) is 0.00392. The van der Waals surface area contributed by atoms with E-state index in [0.717, 1.165) is 31.4 Å². The Balaban J connectivity index is 1.61. The third kappa shape index (κ3) is 5.59. The van der Waals surface area contributed by atoms with Crippen LogP contribution in [-0.4, -0.2) is 37.8 Å². The van der Waals surface area contributed by atoms with Crippen molar-refractivity contribution in [3.05, 3.63) is 35.9 Å². The fourth-order valence-corrected chi connectivity index (χ4v) is 2.16. The van der Waals surface area contributed by atoms with E-state index in [9.17, 15) is 5.11 Å². The molecule has 0 aliphatic carbocycles. The van der Waals surface area contributed by atoms with Crippen molar-refractivity contribution in [2.75, 3.05) is 26.4 Å². The molecular weight excluding hydrogens is 256 g/mol. The highest BCUT2D eigenvalue weighted by Crippen LogP contribution is 2.15. The van der Waals surface area contributed by atoms with Gasteiger partial charge in [-0.2, -0.15) is 0 Å². The predicted molar refractivity (Wildman–Crippen MR) is 76.2 cm³/mol. The largest absolute Gasteiger partial charge is 0.396 e. The lowest BCUT2D eigenvalue weighted by atomic mass is 10.2. The molecule has 4 heteroatoms. The van der Waals surface area contributed by atoms with Crippen molar-refractivity contribution in [2.24, 2.45) is 5.92 Å². The molecule has 1 saturated heterocycles. The van der Waals surface area contributed by atoms with Crippen molar-refractivity contribution in [2.45, 2.75) is 32.2 Å². The minimum Gasteiger partial charge on any atom is -0.396 e. The Morgan fingerprint density at radius 1 is 1.20 bits per heavy atom. The zero-order valence-electron chi connectivity index (χ0n) is 11.9. The van der Waals surface area contributed by atoms with E-state index < -0.39 is 0 Å². The van der Waals surface area contributed by atoms with Gasteiger partial charge in [-0.1, -0.05) is 30.3 Å². The standard InChI is InChI=1S/C16H24O4/c17-10-15(13-20-16-8-4-5-9-19-16)12-18-11-14-6-2-1-3-7-14/h1-3,6-7,15-17H,4-5,8-13H2. The van der Waals surface area contributed by atoms with E-state index >= 15 is 0 Å². The van der Waals surface area contributed by atoms with Crippen molar-refractivity contribution in [1.82, 2.24) is 0 Å². The molecule has 1 aliphatic heterocycles. The van der Waals surface area contributed by atoms with Gasteiger partial charge >= 0.3 is 0 Å². The number of benzene rings is 1. The van der Waals surface area contributed by atoms with Crippen LogP contribution >= 0.6 is 0 Å². The summed E-state index contributed by atoms with van der Waals surface area (Å²) >= 11 is 0. The van der Waals surface area contributed by atoms with Gasteiger partial charge in [0.05, 0.1) is 26.4 Å². The average molecular weight is 280 g/mol. The summed E-state index contributed by atoms with van der Waals surface area (Å²) in [6, 6.07) is 10.0. The molecule has 2 unspecified atom stereocenters. The monoisotopic (exact) mass is 280 g/mol. The Bertz CT molecular complexity index is 349. The summed E-state index contributed by atoms with van der Waals surface area (Å²) in [6.07, 6.45) is 3.11. The van der Waals surface area contributed by atoms with E-state index in [1.165, 1.54) is 0 Å². The molecule has 1 aromatic rings. The van der Waals surface area contributed by atoms with E-state index in [0.29, 0.717) is 19.8 Å². The first kappa shape index (κ1) is 15.4. The van der Waals surface area contributed by atoms with Crippen LogP contribution in [0.2, 0.25) is 0 Å². The van der Waals surface area contributed by atoms with Gasteiger partial charge in [-0.15, -0.1) is 0 Å². The minimum absolute atomic E-state index is 0.00392. The molecule has 4 nitrogen and oxygen atoms in total. The maximum Gasteiger partial charge on any atom is 0.157 e. The third-order valence-corrected chi connectivity index (χ3v) is 3.38. The fourth-order valence-electron chi connectivity index (χ4n) is 2.16. The second-order valence-corrected chi connectivity index (χ2v) is 5.18. The minimum atomic E-state index is -0.105. The Morgan fingerprint density at radius 3 is 2.75 bits per heavy atom. The summed E-state index contributed by atoms with van der Waals surface area (Å²) in [6.45, 7) is 2.39. The van der Waals surface area contributed by atoms with Crippen LogP contribution in [0.15, 0.2) is 30.3 Å². The molecule has 0 bridgehead atoms. The van der Waals surface area contributed by atoms with Gasteiger partial charge in [0.2, 0.25) is 0 Å². The Kier molecular flexibility index (Phi) is 7.01. The lowest BCUT2D eigenvalue weighted by molar-refractivity contribution is -0.174.